The number of hydrogen-bond acceptors (Lipinski definition) is 0. The fourth-order valence-electron chi connectivity index (χ4n) is 0.979. The maximum Gasteiger partial charge on any atom is 0.357 e. The van der Waals surface area contributed by atoms with Gasteiger partial charge in [-0.1, -0.05) is 12.8 Å². The lowest BCUT2D eigenvalue weighted by atomic mass is 9.70. The van der Waals surface area contributed by atoms with Crippen LogP contribution in [-0.4, -0.2) is 11.1 Å². The van der Waals surface area contributed by atoms with Crippen molar-refractivity contribution in [2.45, 2.75) is 24.5 Å². The van der Waals surface area contributed by atoms with Crippen molar-refractivity contribution in [3.63, 3.8) is 0 Å². The molecule has 56 valence electrons. The molecule has 0 aromatic carbocycles. The lowest BCUT2D eigenvalue weighted by Gasteiger charge is -2.11. The first kappa shape index (κ1) is 9.38. The molecule has 0 amide bonds. The Balaban J connectivity index is 2.38. The van der Waals surface area contributed by atoms with Gasteiger partial charge in [0, 0.05) is 0 Å². The smallest absolute Gasteiger partial charge is 0.172 e. The first-order valence-corrected chi connectivity index (χ1v) is 4.88. The molecule has 0 nitrogen and oxygen atoms in total. The van der Waals surface area contributed by atoms with Crippen LogP contribution >= 0.6 is 45.8 Å². The topological polar surface area (TPSA) is 0 Å². The van der Waals surface area contributed by atoms with Crippen molar-refractivity contribution in [1.29, 1.82) is 0 Å². The van der Waals surface area contributed by atoms with Gasteiger partial charge in [0.1, 0.15) is 0 Å². The summed E-state index contributed by atoms with van der Waals surface area (Å²) in [5.74, 6) is 0. The van der Waals surface area contributed by atoms with Crippen molar-refractivity contribution in [2.75, 3.05) is 0 Å². The number of halogens is 4. The quantitative estimate of drug-likeness (QED) is 0.635. The van der Waals surface area contributed by atoms with Gasteiger partial charge in [-0.3, -0.25) is 0 Å². The highest BCUT2D eigenvalue weighted by molar-refractivity contribution is 7.37. The molecule has 0 N–H and O–H groups in total. The van der Waals surface area contributed by atoms with Gasteiger partial charge in [0.25, 0.3) is 0 Å². The van der Waals surface area contributed by atoms with E-state index >= 15 is 0 Å². The van der Waals surface area contributed by atoms with E-state index in [-0.39, 0.29) is 16.4 Å². The average Bonchev–Trinajstić information content (AvgIpc) is 2.46. The summed E-state index contributed by atoms with van der Waals surface area (Å²) in [6, 6.07) is 0. The highest BCUT2D eigenvalue weighted by Crippen LogP contribution is 2.62. The van der Waals surface area contributed by atoms with Crippen LogP contribution in [0.15, 0.2) is 0 Å². The predicted molar refractivity (Wildman–Crippen MR) is 51.7 cm³/mol. The third-order valence-corrected chi connectivity index (χ3v) is 3.15. The molecule has 0 spiro atoms. The van der Waals surface area contributed by atoms with Crippen LogP contribution < -0.4 is 0 Å². The molecule has 1 aliphatic carbocycles. The summed E-state index contributed by atoms with van der Waals surface area (Å²) in [6.45, 7) is 0. The van der Waals surface area contributed by atoms with Gasteiger partial charge >= 0.3 is 11.1 Å². The van der Waals surface area contributed by atoms with E-state index in [1.54, 1.807) is 0 Å². The van der Waals surface area contributed by atoms with Crippen molar-refractivity contribution >= 4 is 56.9 Å². The standard InChI is InChI=1S/C4H6B2Cl4/c7-5(8)3-4(1-2-4)6(9)10/h1-3H2. The van der Waals surface area contributed by atoms with Gasteiger partial charge in [-0.05, 0) is 11.6 Å². The normalized spacial score (nSPS) is 20.4. The van der Waals surface area contributed by atoms with E-state index in [4.69, 9.17) is 45.8 Å². The Bertz CT molecular complexity index is 122. The molecular weight excluding hydrogens is 211 g/mol. The van der Waals surface area contributed by atoms with Crippen LogP contribution in [0.4, 0.5) is 0 Å². The maximum atomic E-state index is 5.72. The first-order chi connectivity index (χ1) is 4.57. The van der Waals surface area contributed by atoms with Crippen LogP contribution in [0.25, 0.3) is 0 Å². The van der Waals surface area contributed by atoms with Crippen molar-refractivity contribution in [1.82, 2.24) is 0 Å². The van der Waals surface area contributed by atoms with Gasteiger partial charge < -0.3 is 0 Å². The van der Waals surface area contributed by atoms with E-state index in [2.05, 4.69) is 0 Å². The van der Waals surface area contributed by atoms with E-state index in [1.807, 2.05) is 0 Å². The summed E-state index contributed by atoms with van der Waals surface area (Å²) >= 11 is 22.6. The zero-order valence-corrected chi connectivity index (χ0v) is 8.31. The van der Waals surface area contributed by atoms with Crippen molar-refractivity contribution in [3.8, 4) is 0 Å². The molecule has 10 heavy (non-hydrogen) atoms. The van der Waals surface area contributed by atoms with Crippen LogP contribution in [0.5, 0.6) is 0 Å². The van der Waals surface area contributed by atoms with E-state index in [1.165, 1.54) is 0 Å². The maximum absolute atomic E-state index is 5.72. The molecule has 0 radical (unpaired) electrons. The summed E-state index contributed by atoms with van der Waals surface area (Å²) < 4.78 is 0. The summed E-state index contributed by atoms with van der Waals surface area (Å²) in [6.07, 6.45) is 2.83. The average molecular weight is 218 g/mol. The molecule has 0 bridgehead atoms. The Morgan fingerprint density at radius 1 is 1.10 bits per heavy atom. The Labute approximate surface area is 81.4 Å². The molecular formula is C4H6B2Cl4. The molecule has 0 atom stereocenters. The Morgan fingerprint density at radius 3 is 1.70 bits per heavy atom. The van der Waals surface area contributed by atoms with Crippen molar-refractivity contribution in [3.05, 3.63) is 0 Å². The summed E-state index contributed by atoms with van der Waals surface area (Å²) in [7, 11) is 0. The zero-order valence-electron chi connectivity index (χ0n) is 5.29. The molecule has 0 aliphatic heterocycles. The van der Waals surface area contributed by atoms with Crippen molar-refractivity contribution in [2.24, 2.45) is 0 Å². The fourth-order valence-corrected chi connectivity index (χ4v) is 2.21. The van der Waals surface area contributed by atoms with Crippen LogP contribution in [-0.2, 0) is 0 Å². The minimum absolute atomic E-state index is 0.0390. The second-order valence-electron chi connectivity index (χ2n) is 2.76. The Hall–Kier alpha value is 1.29. The van der Waals surface area contributed by atoms with Crippen molar-refractivity contribution < 1.29 is 0 Å². The van der Waals surface area contributed by atoms with Gasteiger partial charge in [0.05, 0.1) is 0 Å². The SMILES string of the molecule is ClB(Cl)CC1(B(Cl)Cl)CC1. The van der Waals surface area contributed by atoms with E-state index in [0.29, 0.717) is 6.32 Å². The second-order valence-corrected chi connectivity index (χ2v) is 5.13. The summed E-state index contributed by atoms with van der Waals surface area (Å²) in [5.41, 5.74) is -0.644. The van der Waals surface area contributed by atoms with Gasteiger partial charge in [-0.25, -0.2) is 0 Å². The van der Waals surface area contributed by atoms with E-state index in [0.717, 1.165) is 12.8 Å². The molecule has 6 heteroatoms. The third kappa shape index (κ3) is 2.14. The van der Waals surface area contributed by atoms with Gasteiger partial charge in [-0.2, -0.15) is 45.8 Å². The van der Waals surface area contributed by atoms with Gasteiger partial charge in [0.15, 0.2) is 0 Å². The molecule has 0 aromatic rings. The molecule has 1 fully saturated rings. The lowest BCUT2D eigenvalue weighted by Crippen LogP contribution is -2.11. The minimum atomic E-state index is -0.331. The molecule has 1 saturated carbocycles. The van der Waals surface area contributed by atoms with E-state index < -0.39 is 0 Å². The predicted octanol–water partition coefficient (Wildman–Crippen LogP) is 3.45. The monoisotopic (exact) mass is 216 g/mol. The second kappa shape index (κ2) is 3.35. The van der Waals surface area contributed by atoms with Gasteiger partial charge in [0.2, 0.25) is 0 Å². The molecule has 1 rings (SSSR count). The molecule has 1 aliphatic rings. The Kier molecular flexibility index (Phi) is 3.14. The van der Waals surface area contributed by atoms with Crippen LogP contribution in [0.3, 0.4) is 0 Å². The molecule has 0 saturated heterocycles. The molecule has 0 heterocycles. The third-order valence-electron chi connectivity index (χ3n) is 1.92. The molecule has 0 unspecified atom stereocenters. The highest BCUT2D eigenvalue weighted by Gasteiger charge is 2.51. The van der Waals surface area contributed by atoms with Crippen LogP contribution in [0.2, 0.25) is 11.6 Å². The molecule has 0 aromatic heterocycles. The van der Waals surface area contributed by atoms with Gasteiger partial charge in [-0.15, -0.1) is 0 Å². The van der Waals surface area contributed by atoms with E-state index in [9.17, 15) is 0 Å². The fraction of sp³-hybridized carbons (Fsp3) is 1.00. The minimum Gasteiger partial charge on any atom is -0.172 e. The first-order valence-electron chi connectivity index (χ1n) is 3.13. The largest absolute Gasteiger partial charge is 0.357 e. The van der Waals surface area contributed by atoms with Crippen LogP contribution in [0.1, 0.15) is 12.8 Å². The number of rotatable bonds is 3. The lowest BCUT2D eigenvalue weighted by molar-refractivity contribution is 0.990. The zero-order chi connectivity index (χ0) is 7.78. The summed E-state index contributed by atoms with van der Waals surface area (Å²) in [5, 5.41) is 0.0390. The highest BCUT2D eigenvalue weighted by atomic mass is 35.5. The summed E-state index contributed by atoms with van der Waals surface area (Å²) in [4.78, 5) is 0. The van der Waals surface area contributed by atoms with Crippen LogP contribution in [0, 0.1) is 0 Å². The Morgan fingerprint density at radius 2 is 1.60 bits per heavy atom. The number of hydrogen-bond donors (Lipinski definition) is 0.